The number of fused-ring (bicyclic) bond motifs is 2. The molecule has 0 aliphatic carbocycles. The van der Waals surface area contributed by atoms with Crippen LogP contribution in [0.15, 0.2) is 60.7 Å². The molecule has 118 valence electrons. The van der Waals surface area contributed by atoms with Crippen LogP contribution in [0.5, 0.6) is 0 Å². The maximum absolute atomic E-state index is 2.36. The molecule has 0 atom stereocenters. The van der Waals surface area contributed by atoms with Crippen LogP contribution in [0, 0.1) is 0 Å². The van der Waals surface area contributed by atoms with Crippen molar-refractivity contribution < 1.29 is 0 Å². The van der Waals surface area contributed by atoms with Crippen molar-refractivity contribution in [3.63, 3.8) is 0 Å². The Bertz CT molecular complexity index is 551. The first-order chi connectivity index (χ1) is 11.4. The van der Waals surface area contributed by atoms with Gasteiger partial charge in [-0.25, -0.2) is 0 Å². The zero-order valence-electron chi connectivity index (χ0n) is 13.9. The molecule has 4 rings (SSSR count). The Labute approximate surface area is 142 Å². The van der Waals surface area contributed by atoms with Gasteiger partial charge in [-0.1, -0.05) is 119 Å². The zero-order chi connectivity index (χ0) is 15.5. The third-order valence-electron chi connectivity index (χ3n) is 6.04. The number of rotatable bonds is 4. The smallest absolute Gasteiger partial charge is 0.0622 e. The van der Waals surface area contributed by atoms with Gasteiger partial charge in [0, 0.05) is 0 Å². The third-order valence-corrected chi connectivity index (χ3v) is 8.67. The topological polar surface area (TPSA) is 0 Å². The molecular weight excluding hydrogens is 294 g/mol. The lowest BCUT2D eigenvalue weighted by Gasteiger charge is -2.42. The van der Waals surface area contributed by atoms with Gasteiger partial charge in [-0.05, 0) is 16.7 Å². The maximum atomic E-state index is 2.36. The average Bonchev–Trinajstić information content (AvgIpc) is 2.61. The summed E-state index contributed by atoms with van der Waals surface area (Å²) in [5, 5.41) is 3.13. The standard InChI is InChI=1S/C21H26BP/c1-3-13-20(14-4-1)23(21-15-5-2-6-16-21)17-22-18-9-7-10-19(22)12-8-11-18/h1-6,13-16,18-19H,7-12,17H2. The highest BCUT2D eigenvalue weighted by Gasteiger charge is 2.40. The minimum absolute atomic E-state index is 0.199. The molecule has 0 nitrogen and oxygen atoms in total. The Morgan fingerprint density at radius 1 is 0.696 bits per heavy atom. The van der Waals surface area contributed by atoms with Crippen molar-refractivity contribution in [3.8, 4) is 0 Å². The maximum Gasteiger partial charge on any atom is 0.151 e. The molecule has 23 heavy (non-hydrogen) atoms. The molecule has 2 aromatic carbocycles. The van der Waals surface area contributed by atoms with Crippen molar-refractivity contribution in [2.24, 2.45) is 0 Å². The first kappa shape index (κ1) is 15.5. The van der Waals surface area contributed by atoms with Crippen LogP contribution in [-0.2, 0) is 0 Å². The minimum atomic E-state index is -0.199. The number of benzene rings is 2. The molecular formula is C21H26BP. The summed E-state index contributed by atoms with van der Waals surface area (Å²) in [6.45, 7) is 0.976. The molecule has 0 radical (unpaired) electrons. The van der Waals surface area contributed by atoms with Gasteiger partial charge in [0.25, 0.3) is 0 Å². The Hall–Kier alpha value is -1.07. The summed E-state index contributed by atoms with van der Waals surface area (Å²) in [5.41, 5.74) is 0. The summed E-state index contributed by atoms with van der Waals surface area (Å²) >= 11 is 0. The molecule has 2 aliphatic heterocycles. The molecule has 2 aliphatic rings. The first-order valence-electron chi connectivity index (χ1n) is 9.29. The quantitative estimate of drug-likeness (QED) is 0.532. The highest BCUT2D eigenvalue weighted by atomic mass is 31.1. The van der Waals surface area contributed by atoms with Crippen molar-refractivity contribution in [2.75, 3.05) is 6.06 Å². The van der Waals surface area contributed by atoms with Crippen LogP contribution in [0.2, 0.25) is 11.6 Å². The van der Waals surface area contributed by atoms with Gasteiger partial charge >= 0.3 is 0 Å². The Kier molecular flexibility index (Phi) is 4.86. The van der Waals surface area contributed by atoms with E-state index in [2.05, 4.69) is 60.7 Å². The number of hydrogen-bond acceptors (Lipinski definition) is 0. The van der Waals surface area contributed by atoms with E-state index in [1.165, 1.54) is 44.6 Å². The normalized spacial score (nSPS) is 24.0. The number of hydrogen-bond donors (Lipinski definition) is 0. The second-order valence-electron chi connectivity index (χ2n) is 7.33. The molecule has 2 heteroatoms. The van der Waals surface area contributed by atoms with Gasteiger partial charge in [0.2, 0.25) is 0 Å². The molecule has 2 aromatic rings. The molecule has 0 aromatic heterocycles. The molecule has 2 heterocycles. The molecule has 0 N–H and O–H groups in total. The van der Waals surface area contributed by atoms with E-state index < -0.39 is 0 Å². The Balaban J connectivity index is 1.63. The lowest BCUT2D eigenvalue weighted by Crippen LogP contribution is -2.39. The van der Waals surface area contributed by atoms with Crippen LogP contribution >= 0.6 is 7.92 Å². The van der Waals surface area contributed by atoms with Gasteiger partial charge in [0.1, 0.15) is 0 Å². The fourth-order valence-electron chi connectivity index (χ4n) is 4.90. The third kappa shape index (κ3) is 3.41. The first-order valence-corrected chi connectivity index (χ1v) is 10.8. The van der Waals surface area contributed by atoms with Crippen LogP contribution in [-0.4, -0.2) is 12.8 Å². The lowest BCUT2D eigenvalue weighted by atomic mass is 9.28. The fourth-order valence-corrected chi connectivity index (χ4v) is 7.70. The summed E-state index contributed by atoms with van der Waals surface area (Å²) in [7, 11) is -0.199. The van der Waals surface area contributed by atoms with E-state index in [9.17, 15) is 0 Å². The zero-order valence-corrected chi connectivity index (χ0v) is 14.8. The summed E-state index contributed by atoms with van der Waals surface area (Å²) in [5.74, 6) is 2.03. The van der Waals surface area contributed by atoms with E-state index in [4.69, 9.17) is 0 Å². The molecule has 0 unspecified atom stereocenters. The summed E-state index contributed by atoms with van der Waals surface area (Å²) in [4.78, 5) is 0. The molecule has 0 saturated carbocycles. The molecule has 2 bridgehead atoms. The highest BCUT2D eigenvalue weighted by Crippen LogP contribution is 2.50. The van der Waals surface area contributed by atoms with E-state index in [0.717, 1.165) is 18.3 Å². The van der Waals surface area contributed by atoms with E-state index in [0.29, 0.717) is 0 Å². The molecule has 0 amide bonds. The predicted octanol–water partition coefficient (Wildman–Crippen LogP) is 5.26. The van der Waals surface area contributed by atoms with Gasteiger partial charge in [-0.3, -0.25) is 0 Å². The minimum Gasteiger partial charge on any atom is -0.0622 e. The van der Waals surface area contributed by atoms with Crippen molar-refractivity contribution >= 4 is 25.2 Å². The van der Waals surface area contributed by atoms with Crippen LogP contribution in [0.4, 0.5) is 0 Å². The highest BCUT2D eigenvalue weighted by molar-refractivity contribution is 7.74. The molecule has 2 saturated heterocycles. The van der Waals surface area contributed by atoms with Gasteiger partial charge in [0.05, 0.1) is 0 Å². The lowest BCUT2D eigenvalue weighted by molar-refractivity contribution is 0.444. The molecule has 2 fully saturated rings. The monoisotopic (exact) mass is 320 g/mol. The predicted molar refractivity (Wildman–Crippen MR) is 105 cm³/mol. The van der Waals surface area contributed by atoms with Gasteiger partial charge in [-0.15, -0.1) is 0 Å². The van der Waals surface area contributed by atoms with E-state index >= 15 is 0 Å². The Morgan fingerprint density at radius 3 is 1.57 bits per heavy atom. The average molecular weight is 320 g/mol. The summed E-state index contributed by atoms with van der Waals surface area (Å²) < 4.78 is 0. The van der Waals surface area contributed by atoms with E-state index in [1.807, 2.05) is 0 Å². The van der Waals surface area contributed by atoms with Gasteiger partial charge in [-0.2, -0.15) is 0 Å². The van der Waals surface area contributed by atoms with Crippen molar-refractivity contribution in [2.45, 2.75) is 50.2 Å². The van der Waals surface area contributed by atoms with Crippen LogP contribution in [0.3, 0.4) is 0 Å². The second-order valence-corrected chi connectivity index (χ2v) is 9.58. The Morgan fingerprint density at radius 2 is 1.13 bits per heavy atom. The van der Waals surface area contributed by atoms with Crippen molar-refractivity contribution in [1.82, 2.24) is 0 Å². The van der Waals surface area contributed by atoms with Gasteiger partial charge < -0.3 is 0 Å². The SMILES string of the molecule is c1ccc(P(CB2C3CCCC2CCC3)c2ccccc2)cc1. The largest absolute Gasteiger partial charge is 0.151 e. The van der Waals surface area contributed by atoms with Crippen LogP contribution in [0.25, 0.3) is 0 Å². The van der Waals surface area contributed by atoms with Gasteiger partial charge in [0.15, 0.2) is 6.71 Å². The van der Waals surface area contributed by atoms with E-state index in [1.54, 1.807) is 10.6 Å². The van der Waals surface area contributed by atoms with Crippen molar-refractivity contribution in [1.29, 1.82) is 0 Å². The van der Waals surface area contributed by atoms with Crippen molar-refractivity contribution in [3.05, 3.63) is 60.7 Å². The summed E-state index contributed by atoms with van der Waals surface area (Å²) in [6, 6.07) is 24.0. The van der Waals surface area contributed by atoms with Crippen LogP contribution in [0.1, 0.15) is 38.5 Å². The fraction of sp³-hybridized carbons (Fsp3) is 0.429. The van der Waals surface area contributed by atoms with Crippen LogP contribution < -0.4 is 10.6 Å². The molecule has 0 spiro atoms. The second kappa shape index (κ2) is 7.22. The van der Waals surface area contributed by atoms with E-state index in [-0.39, 0.29) is 7.92 Å². The summed E-state index contributed by atoms with van der Waals surface area (Å²) in [6.07, 6.45) is 8.95.